The van der Waals surface area contributed by atoms with Gasteiger partial charge in [0, 0.05) is 13.5 Å². The number of hydrogen-bond donors (Lipinski definition) is 3. The second kappa shape index (κ2) is 5.48. The minimum absolute atomic E-state index is 0.0462. The molecule has 1 aliphatic heterocycles. The van der Waals surface area contributed by atoms with Gasteiger partial charge in [-0.25, -0.2) is 4.79 Å². The number of carbonyl (C=O) groups is 3. The van der Waals surface area contributed by atoms with E-state index in [9.17, 15) is 14.4 Å². The van der Waals surface area contributed by atoms with Crippen LogP contribution in [-0.4, -0.2) is 46.3 Å². The van der Waals surface area contributed by atoms with E-state index in [1.165, 1.54) is 6.92 Å². The van der Waals surface area contributed by atoms with E-state index in [1.54, 1.807) is 0 Å². The highest BCUT2D eigenvalue weighted by Gasteiger charge is 2.52. The van der Waals surface area contributed by atoms with Gasteiger partial charge in [-0.3, -0.25) is 19.5 Å². The number of likely N-dealkylation sites (tertiary alicyclic amines) is 1. The van der Waals surface area contributed by atoms with Gasteiger partial charge in [0.05, 0.1) is 5.92 Å². The third kappa shape index (κ3) is 2.76. The van der Waals surface area contributed by atoms with Crippen LogP contribution in [0, 0.1) is 5.92 Å². The van der Waals surface area contributed by atoms with E-state index in [1.807, 2.05) is 0 Å². The maximum absolute atomic E-state index is 11.6. The Morgan fingerprint density at radius 3 is 2.50 bits per heavy atom. The fourth-order valence-corrected chi connectivity index (χ4v) is 1.98. The predicted molar refractivity (Wildman–Crippen MR) is 62.4 cm³/mol. The normalized spacial score (nSPS) is 22.3. The van der Waals surface area contributed by atoms with Crippen molar-refractivity contribution in [2.75, 3.05) is 6.54 Å². The van der Waals surface area contributed by atoms with Crippen LogP contribution in [0.4, 0.5) is 0 Å². The fraction of sp³-hybridized carbons (Fsp3) is 0.600. The Labute approximate surface area is 104 Å². The van der Waals surface area contributed by atoms with Gasteiger partial charge in [0.15, 0.2) is 5.96 Å². The number of amides is 2. The molecule has 1 saturated heterocycles. The van der Waals surface area contributed by atoms with Crippen molar-refractivity contribution in [2.45, 2.75) is 25.8 Å². The molecule has 1 heterocycles. The standard InChI is InChI=1S/C10H16N4O4/c1-5(15)14-7(9(17)18)6(8(14)16)3-2-4-13-10(11)12/h6-7H,2-4H2,1H3,(H,17,18)(H4,11,12,13)/t6-,7+/m0/s1. The molecule has 0 unspecified atom stereocenters. The van der Waals surface area contributed by atoms with Gasteiger partial charge in [-0.1, -0.05) is 0 Å². The van der Waals surface area contributed by atoms with Crippen molar-refractivity contribution < 1.29 is 19.5 Å². The molecule has 18 heavy (non-hydrogen) atoms. The summed E-state index contributed by atoms with van der Waals surface area (Å²) in [5, 5.41) is 8.97. The summed E-state index contributed by atoms with van der Waals surface area (Å²) < 4.78 is 0. The number of carboxylic acids is 1. The van der Waals surface area contributed by atoms with Gasteiger partial charge in [-0.2, -0.15) is 0 Å². The molecule has 2 amide bonds. The molecular weight excluding hydrogens is 240 g/mol. The molecule has 0 aromatic heterocycles. The fourth-order valence-electron chi connectivity index (χ4n) is 1.98. The summed E-state index contributed by atoms with van der Waals surface area (Å²) in [6, 6.07) is -1.06. The highest BCUT2D eigenvalue weighted by molar-refractivity contribution is 6.07. The van der Waals surface area contributed by atoms with Crippen molar-refractivity contribution in [1.82, 2.24) is 4.90 Å². The molecule has 1 rings (SSSR count). The lowest BCUT2D eigenvalue weighted by molar-refractivity contribution is -0.176. The largest absolute Gasteiger partial charge is 0.480 e. The molecule has 0 bridgehead atoms. The zero-order valence-corrected chi connectivity index (χ0v) is 10.00. The van der Waals surface area contributed by atoms with Crippen LogP contribution in [0.2, 0.25) is 0 Å². The number of imide groups is 1. The topological polar surface area (TPSA) is 139 Å². The number of rotatable bonds is 5. The van der Waals surface area contributed by atoms with Crippen LogP contribution >= 0.6 is 0 Å². The Bertz CT molecular complexity index is 403. The molecule has 2 atom stereocenters. The first-order valence-corrected chi connectivity index (χ1v) is 5.48. The van der Waals surface area contributed by atoms with Gasteiger partial charge < -0.3 is 16.6 Å². The first kappa shape index (κ1) is 13.9. The van der Waals surface area contributed by atoms with E-state index < -0.39 is 29.7 Å². The van der Waals surface area contributed by atoms with Crippen LogP contribution in [-0.2, 0) is 14.4 Å². The van der Waals surface area contributed by atoms with Crippen molar-refractivity contribution in [1.29, 1.82) is 0 Å². The number of aliphatic imine (C=N–C) groups is 1. The SMILES string of the molecule is CC(=O)N1C(=O)[C@@H](CCCN=C(N)N)[C@@H]1C(=O)O. The maximum Gasteiger partial charge on any atom is 0.327 e. The van der Waals surface area contributed by atoms with E-state index in [0.717, 1.165) is 4.90 Å². The molecule has 100 valence electrons. The average Bonchev–Trinajstić information content (AvgIpc) is 2.23. The number of carboxylic acid groups (broad SMARTS) is 1. The van der Waals surface area contributed by atoms with Crippen molar-refractivity contribution in [3.8, 4) is 0 Å². The zero-order chi connectivity index (χ0) is 13.9. The predicted octanol–water partition coefficient (Wildman–Crippen LogP) is -1.50. The van der Waals surface area contributed by atoms with Gasteiger partial charge in [0.25, 0.3) is 0 Å². The van der Waals surface area contributed by atoms with Crippen LogP contribution < -0.4 is 11.5 Å². The summed E-state index contributed by atoms with van der Waals surface area (Å²) in [6.45, 7) is 1.50. The summed E-state index contributed by atoms with van der Waals surface area (Å²) >= 11 is 0. The molecular formula is C10H16N4O4. The van der Waals surface area contributed by atoms with Crippen LogP contribution in [0.25, 0.3) is 0 Å². The van der Waals surface area contributed by atoms with E-state index in [-0.39, 0.29) is 5.96 Å². The summed E-state index contributed by atoms with van der Waals surface area (Å²) in [7, 11) is 0. The summed E-state index contributed by atoms with van der Waals surface area (Å²) in [5.41, 5.74) is 10.3. The van der Waals surface area contributed by atoms with E-state index in [2.05, 4.69) is 4.99 Å². The van der Waals surface area contributed by atoms with Gasteiger partial charge in [-0.15, -0.1) is 0 Å². The molecule has 8 nitrogen and oxygen atoms in total. The van der Waals surface area contributed by atoms with Crippen LogP contribution in [0.3, 0.4) is 0 Å². The number of carbonyl (C=O) groups excluding carboxylic acids is 2. The van der Waals surface area contributed by atoms with Crippen LogP contribution in [0.5, 0.6) is 0 Å². The Morgan fingerprint density at radius 1 is 1.44 bits per heavy atom. The highest BCUT2D eigenvalue weighted by Crippen LogP contribution is 2.30. The van der Waals surface area contributed by atoms with Gasteiger partial charge in [0.2, 0.25) is 11.8 Å². The number of nitrogens with zero attached hydrogens (tertiary/aromatic N) is 2. The number of nitrogens with two attached hydrogens (primary N) is 2. The first-order valence-electron chi connectivity index (χ1n) is 5.48. The molecule has 0 aromatic carbocycles. The molecule has 0 saturated carbocycles. The molecule has 8 heteroatoms. The third-order valence-corrected chi connectivity index (χ3v) is 2.77. The third-order valence-electron chi connectivity index (χ3n) is 2.77. The molecule has 0 spiro atoms. The number of hydrogen-bond acceptors (Lipinski definition) is 4. The molecule has 5 N–H and O–H groups in total. The van der Waals surface area contributed by atoms with Gasteiger partial charge in [0.1, 0.15) is 6.04 Å². The molecule has 1 fully saturated rings. The van der Waals surface area contributed by atoms with Crippen molar-refractivity contribution >= 4 is 23.7 Å². The summed E-state index contributed by atoms with van der Waals surface area (Å²) in [4.78, 5) is 38.2. The molecule has 0 aliphatic carbocycles. The van der Waals surface area contributed by atoms with Crippen molar-refractivity contribution in [3.63, 3.8) is 0 Å². The smallest absolute Gasteiger partial charge is 0.327 e. The van der Waals surface area contributed by atoms with Gasteiger partial charge in [-0.05, 0) is 12.8 Å². The molecule has 1 aliphatic rings. The first-order chi connectivity index (χ1) is 8.36. The summed E-state index contributed by atoms with van der Waals surface area (Å²) in [5.74, 6) is -2.88. The van der Waals surface area contributed by atoms with E-state index >= 15 is 0 Å². The van der Waals surface area contributed by atoms with Crippen LogP contribution in [0.1, 0.15) is 19.8 Å². The minimum Gasteiger partial charge on any atom is -0.480 e. The number of aliphatic carboxylic acids is 1. The second-order valence-corrected chi connectivity index (χ2v) is 4.07. The lowest BCUT2D eigenvalue weighted by Crippen LogP contribution is -2.65. The quantitative estimate of drug-likeness (QED) is 0.237. The van der Waals surface area contributed by atoms with Crippen LogP contribution in [0.15, 0.2) is 4.99 Å². The van der Waals surface area contributed by atoms with Crippen molar-refractivity contribution in [3.05, 3.63) is 0 Å². The number of guanidine groups is 1. The lowest BCUT2D eigenvalue weighted by Gasteiger charge is -2.42. The summed E-state index contributed by atoms with van der Waals surface area (Å²) in [6.07, 6.45) is 0.834. The monoisotopic (exact) mass is 256 g/mol. The Morgan fingerprint density at radius 2 is 2.06 bits per heavy atom. The van der Waals surface area contributed by atoms with Crippen molar-refractivity contribution in [2.24, 2.45) is 22.4 Å². The Hall–Kier alpha value is -2.12. The lowest BCUT2D eigenvalue weighted by atomic mass is 9.83. The Balaban J connectivity index is 2.56. The number of β-lactam (4-membered cyclic amide) rings is 1. The second-order valence-electron chi connectivity index (χ2n) is 4.07. The van der Waals surface area contributed by atoms with E-state index in [0.29, 0.717) is 19.4 Å². The molecule has 0 radical (unpaired) electrons. The van der Waals surface area contributed by atoms with E-state index in [4.69, 9.17) is 16.6 Å². The average molecular weight is 256 g/mol. The minimum atomic E-state index is -1.17. The van der Waals surface area contributed by atoms with Gasteiger partial charge >= 0.3 is 5.97 Å². The molecule has 0 aromatic rings. The maximum atomic E-state index is 11.6. The Kier molecular flexibility index (Phi) is 4.24. The zero-order valence-electron chi connectivity index (χ0n) is 10.00. The highest BCUT2D eigenvalue weighted by atomic mass is 16.4.